The summed E-state index contributed by atoms with van der Waals surface area (Å²) in [6, 6.07) is 6.02. The first-order chi connectivity index (χ1) is 9.21. The van der Waals surface area contributed by atoms with Gasteiger partial charge in [-0.2, -0.15) is 0 Å². The highest BCUT2D eigenvalue weighted by Gasteiger charge is 2.08. The second-order valence-corrected chi connectivity index (χ2v) is 5.00. The smallest absolute Gasteiger partial charge is 0.123 e. The molecule has 0 aromatic heterocycles. The Labute approximate surface area is 117 Å². The molecular formula is C16H27NO2. The second kappa shape index (κ2) is 8.81. The zero-order valence-corrected chi connectivity index (χ0v) is 12.4. The van der Waals surface area contributed by atoms with Gasteiger partial charge < -0.3 is 15.2 Å². The lowest BCUT2D eigenvalue weighted by Gasteiger charge is -2.18. The lowest BCUT2D eigenvalue weighted by Crippen LogP contribution is -2.28. The highest BCUT2D eigenvalue weighted by atomic mass is 16.5. The molecule has 1 aromatic rings. The van der Waals surface area contributed by atoms with Crippen LogP contribution in [0.5, 0.6) is 11.5 Å². The lowest BCUT2D eigenvalue weighted by atomic mass is 10.0. The number of hydrogen-bond acceptors (Lipinski definition) is 3. The number of aromatic hydroxyl groups is 1. The average molecular weight is 265 g/mol. The summed E-state index contributed by atoms with van der Waals surface area (Å²) in [5.41, 5.74) is 0.929. The second-order valence-electron chi connectivity index (χ2n) is 5.00. The van der Waals surface area contributed by atoms with Crippen LogP contribution < -0.4 is 10.1 Å². The molecule has 1 rings (SSSR count). The molecule has 0 radical (unpaired) electrons. The third-order valence-corrected chi connectivity index (χ3v) is 3.42. The van der Waals surface area contributed by atoms with Gasteiger partial charge in [-0.15, -0.1) is 0 Å². The fourth-order valence-corrected chi connectivity index (χ4v) is 2.22. The fraction of sp³-hybridized carbons (Fsp3) is 0.625. The van der Waals surface area contributed by atoms with E-state index in [-0.39, 0.29) is 0 Å². The first kappa shape index (κ1) is 15.8. The van der Waals surface area contributed by atoms with Gasteiger partial charge in [-0.25, -0.2) is 0 Å². The van der Waals surface area contributed by atoms with E-state index in [2.05, 4.69) is 19.2 Å². The maximum Gasteiger partial charge on any atom is 0.123 e. The van der Waals surface area contributed by atoms with Crippen LogP contribution in [0.15, 0.2) is 18.2 Å². The van der Waals surface area contributed by atoms with Crippen molar-refractivity contribution in [1.29, 1.82) is 0 Å². The van der Waals surface area contributed by atoms with Crippen molar-refractivity contribution in [3.8, 4) is 11.5 Å². The molecule has 0 saturated carbocycles. The van der Waals surface area contributed by atoms with E-state index in [9.17, 15) is 5.11 Å². The molecule has 0 fully saturated rings. The van der Waals surface area contributed by atoms with Crippen molar-refractivity contribution < 1.29 is 9.84 Å². The van der Waals surface area contributed by atoms with Crippen LogP contribution in [0.1, 0.15) is 51.5 Å². The molecule has 1 unspecified atom stereocenters. The SMILES string of the molecule is CCCCC(CCC)NCc1ccc(OC)cc1O. The number of methoxy groups -OCH3 is 1. The third kappa shape index (κ3) is 5.52. The van der Waals surface area contributed by atoms with E-state index >= 15 is 0 Å². The highest BCUT2D eigenvalue weighted by Crippen LogP contribution is 2.23. The minimum absolute atomic E-state index is 0.303. The van der Waals surface area contributed by atoms with Gasteiger partial charge in [0.25, 0.3) is 0 Å². The van der Waals surface area contributed by atoms with Crippen molar-refractivity contribution >= 4 is 0 Å². The molecule has 0 bridgehead atoms. The Morgan fingerprint density at radius 3 is 2.58 bits per heavy atom. The minimum Gasteiger partial charge on any atom is -0.507 e. The van der Waals surface area contributed by atoms with Gasteiger partial charge in [0, 0.05) is 24.2 Å². The molecule has 0 aliphatic rings. The van der Waals surface area contributed by atoms with E-state index in [1.807, 2.05) is 12.1 Å². The summed E-state index contributed by atoms with van der Waals surface area (Å²) in [5, 5.41) is 13.5. The summed E-state index contributed by atoms with van der Waals surface area (Å²) in [5.74, 6) is 0.995. The van der Waals surface area contributed by atoms with Crippen LogP contribution in [-0.4, -0.2) is 18.3 Å². The first-order valence-corrected chi connectivity index (χ1v) is 7.30. The van der Waals surface area contributed by atoms with Gasteiger partial charge in [0.1, 0.15) is 11.5 Å². The van der Waals surface area contributed by atoms with Gasteiger partial charge in [0.15, 0.2) is 0 Å². The third-order valence-electron chi connectivity index (χ3n) is 3.42. The van der Waals surface area contributed by atoms with Crippen LogP contribution in [0.25, 0.3) is 0 Å². The monoisotopic (exact) mass is 265 g/mol. The van der Waals surface area contributed by atoms with E-state index in [1.165, 1.54) is 32.1 Å². The summed E-state index contributed by atoms with van der Waals surface area (Å²) < 4.78 is 5.09. The van der Waals surface area contributed by atoms with E-state index in [0.29, 0.717) is 24.1 Å². The molecule has 108 valence electrons. The molecule has 3 nitrogen and oxygen atoms in total. The molecule has 1 aromatic carbocycles. The van der Waals surface area contributed by atoms with Crippen LogP contribution in [0.3, 0.4) is 0 Å². The fourth-order valence-electron chi connectivity index (χ4n) is 2.22. The van der Waals surface area contributed by atoms with Crippen LogP contribution in [-0.2, 0) is 6.54 Å². The molecule has 0 saturated heterocycles. The Morgan fingerprint density at radius 2 is 2.00 bits per heavy atom. The Bertz CT molecular complexity index is 366. The molecule has 19 heavy (non-hydrogen) atoms. The number of nitrogens with one attached hydrogen (secondary N) is 1. The van der Waals surface area contributed by atoms with Gasteiger partial charge in [-0.1, -0.05) is 39.2 Å². The Hall–Kier alpha value is -1.22. The summed E-state index contributed by atoms with van der Waals surface area (Å²) in [7, 11) is 1.61. The lowest BCUT2D eigenvalue weighted by molar-refractivity contribution is 0.402. The van der Waals surface area contributed by atoms with Crippen LogP contribution >= 0.6 is 0 Å². The summed E-state index contributed by atoms with van der Waals surface area (Å²) in [4.78, 5) is 0. The maximum absolute atomic E-state index is 9.92. The van der Waals surface area contributed by atoms with Gasteiger partial charge in [0.2, 0.25) is 0 Å². The Kier molecular flexibility index (Phi) is 7.34. The molecule has 3 heteroatoms. The summed E-state index contributed by atoms with van der Waals surface area (Å²) >= 11 is 0. The Morgan fingerprint density at radius 1 is 1.21 bits per heavy atom. The molecule has 2 N–H and O–H groups in total. The highest BCUT2D eigenvalue weighted by molar-refractivity contribution is 5.39. The summed E-state index contributed by atoms with van der Waals surface area (Å²) in [6.07, 6.45) is 6.08. The van der Waals surface area contributed by atoms with Gasteiger partial charge in [-0.3, -0.25) is 0 Å². The van der Waals surface area contributed by atoms with Gasteiger partial charge >= 0.3 is 0 Å². The molecule has 0 aliphatic heterocycles. The van der Waals surface area contributed by atoms with Crippen molar-refractivity contribution in [2.24, 2.45) is 0 Å². The van der Waals surface area contributed by atoms with E-state index < -0.39 is 0 Å². The standard InChI is InChI=1S/C16H27NO2/c1-4-6-8-14(7-5-2)17-12-13-9-10-15(19-3)11-16(13)18/h9-11,14,17-18H,4-8,12H2,1-3H3. The molecular weight excluding hydrogens is 238 g/mol. The van der Waals surface area contributed by atoms with Crippen molar-refractivity contribution in [1.82, 2.24) is 5.32 Å². The largest absolute Gasteiger partial charge is 0.507 e. The number of phenolic OH excluding ortho intramolecular Hbond substituents is 1. The van der Waals surface area contributed by atoms with Crippen molar-refractivity contribution in [3.05, 3.63) is 23.8 Å². The van der Waals surface area contributed by atoms with Gasteiger partial charge in [0.05, 0.1) is 7.11 Å². The topological polar surface area (TPSA) is 41.5 Å². The number of phenols is 1. The first-order valence-electron chi connectivity index (χ1n) is 7.30. The van der Waals surface area contributed by atoms with Gasteiger partial charge in [-0.05, 0) is 18.9 Å². The zero-order valence-electron chi connectivity index (χ0n) is 12.4. The van der Waals surface area contributed by atoms with Crippen molar-refractivity contribution in [3.63, 3.8) is 0 Å². The number of unbranched alkanes of at least 4 members (excludes halogenated alkanes) is 1. The van der Waals surface area contributed by atoms with E-state index in [4.69, 9.17) is 4.74 Å². The number of rotatable bonds is 9. The number of benzene rings is 1. The van der Waals surface area contributed by atoms with Crippen molar-refractivity contribution in [2.75, 3.05) is 7.11 Å². The predicted molar refractivity (Wildman–Crippen MR) is 79.7 cm³/mol. The van der Waals surface area contributed by atoms with Crippen molar-refractivity contribution in [2.45, 2.75) is 58.5 Å². The molecule has 0 spiro atoms. The van der Waals surface area contributed by atoms with E-state index in [1.54, 1.807) is 13.2 Å². The van der Waals surface area contributed by atoms with E-state index in [0.717, 1.165) is 5.56 Å². The summed E-state index contributed by atoms with van der Waals surface area (Å²) in [6.45, 7) is 5.15. The average Bonchev–Trinajstić information content (AvgIpc) is 2.42. The maximum atomic E-state index is 9.92. The molecule has 0 heterocycles. The molecule has 0 aliphatic carbocycles. The molecule has 0 amide bonds. The number of ether oxygens (including phenoxy) is 1. The minimum atomic E-state index is 0.303. The van der Waals surface area contributed by atoms with Crippen LogP contribution in [0.2, 0.25) is 0 Å². The van der Waals surface area contributed by atoms with Crippen LogP contribution in [0, 0.1) is 0 Å². The predicted octanol–water partition coefficient (Wildman–Crippen LogP) is 3.85. The number of hydrogen-bond donors (Lipinski definition) is 2. The quantitative estimate of drug-likeness (QED) is 0.712. The molecule has 1 atom stereocenters. The zero-order chi connectivity index (χ0) is 14.1. The Balaban J connectivity index is 2.53. The normalized spacial score (nSPS) is 12.4. The van der Waals surface area contributed by atoms with Crippen LogP contribution in [0.4, 0.5) is 0 Å².